The standard InChI is InChI=1S/C26H23F4N3O3/c1-15-12-17(4-6-18(15)27)24-22(36-3)8-9-23(32-24)25(35,26(28,29)30)11-10-21(34)16-5-7-19-20(13-16)33(2)14-31-19/h4-9,12-14,35H,10-11H2,1-3H3. The Kier molecular flexibility index (Phi) is 6.57. The Morgan fingerprint density at radius 1 is 1.11 bits per heavy atom. The molecule has 2 aromatic heterocycles. The summed E-state index contributed by atoms with van der Waals surface area (Å²) in [5.41, 5.74) is -2.00. The summed E-state index contributed by atoms with van der Waals surface area (Å²) in [4.78, 5) is 21.0. The Bertz CT molecular complexity index is 1450. The van der Waals surface area contributed by atoms with Gasteiger partial charge in [-0.3, -0.25) is 4.79 Å². The van der Waals surface area contributed by atoms with Crippen LogP contribution in [0.1, 0.15) is 34.5 Å². The molecule has 0 amide bonds. The number of hydrogen-bond acceptors (Lipinski definition) is 5. The van der Waals surface area contributed by atoms with Gasteiger partial charge in [0.15, 0.2) is 5.78 Å². The summed E-state index contributed by atoms with van der Waals surface area (Å²) >= 11 is 0. The summed E-state index contributed by atoms with van der Waals surface area (Å²) < 4.78 is 63.3. The zero-order chi connectivity index (χ0) is 26.3. The average Bonchev–Trinajstić information content (AvgIpc) is 3.22. The number of imidazole rings is 1. The Balaban J connectivity index is 1.69. The number of methoxy groups -OCH3 is 1. The van der Waals surface area contributed by atoms with E-state index in [1.54, 1.807) is 30.1 Å². The van der Waals surface area contributed by atoms with Crippen LogP contribution in [0, 0.1) is 12.7 Å². The van der Waals surface area contributed by atoms with Crippen molar-refractivity contribution in [2.75, 3.05) is 7.11 Å². The second-order valence-electron chi connectivity index (χ2n) is 8.55. The average molecular weight is 501 g/mol. The molecule has 36 heavy (non-hydrogen) atoms. The van der Waals surface area contributed by atoms with E-state index in [2.05, 4.69) is 9.97 Å². The van der Waals surface area contributed by atoms with Crippen molar-refractivity contribution >= 4 is 16.8 Å². The Morgan fingerprint density at radius 2 is 1.86 bits per heavy atom. The van der Waals surface area contributed by atoms with Gasteiger partial charge in [0.1, 0.15) is 17.3 Å². The third-order valence-corrected chi connectivity index (χ3v) is 6.16. The van der Waals surface area contributed by atoms with Gasteiger partial charge in [0, 0.05) is 24.6 Å². The zero-order valence-electron chi connectivity index (χ0n) is 19.7. The number of aryl methyl sites for hydroxylation is 2. The van der Waals surface area contributed by atoms with Gasteiger partial charge in [0.25, 0.3) is 0 Å². The Labute approximate surface area is 204 Å². The van der Waals surface area contributed by atoms with E-state index in [1.807, 2.05) is 0 Å². The van der Waals surface area contributed by atoms with Crippen LogP contribution in [0.2, 0.25) is 0 Å². The van der Waals surface area contributed by atoms with Crippen molar-refractivity contribution in [2.45, 2.75) is 31.5 Å². The van der Waals surface area contributed by atoms with E-state index in [0.717, 1.165) is 6.07 Å². The number of rotatable bonds is 7. The van der Waals surface area contributed by atoms with Gasteiger partial charge in [-0.2, -0.15) is 13.2 Å². The van der Waals surface area contributed by atoms with Crippen LogP contribution in [0.4, 0.5) is 17.6 Å². The van der Waals surface area contributed by atoms with Crippen LogP contribution in [0.25, 0.3) is 22.3 Å². The molecule has 0 saturated carbocycles. The van der Waals surface area contributed by atoms with Gasteiger partial charge in [0.05, 0.1) is 30.2 Å². The topological polar surface area (TPSA) is 77.2 Å². The Hall–Kier alpha value is -3.79. The van der Waals surface area contributed by atoms with Crippen molar-refractivity contribution in [1.82, 2.24) is 14.5 Å². The largest absolute Gasteiger partial charge is 0.494 e. The number of nitrogens with zero attached hydrogens (tertiary/aromatic N) is 3. The smallest absolute Gasteiger partial charge is 0.422 e. The van der Waals surface area contributed by atoms with Crippen LogP contribution >= 0.6 is 0 Å². The second-order valence-corrected chi connectivity index (χ2v) is 8.55. The summed E-state index contributed by atoms with van der Waals surface area (Å²) in [7, 11) is 3.06. The van der Waals surface area contributed by atoms with E-state index in [-0.39, 0.29) is 22.6 Å². The van der Waals surface area contributed by atoms with E-state index in [1.165, 1.54) is 44.4 Å². The number of hydrogen-bond donors (Lipinski definition) is 1. The van der Waals surface area contributed by atoms with Gasteiger partial charge in [-0.25, -0.2) is 14.4 Å². The van der Waals surface area contributed by atoms with Crippen LogP contribution in [0.3, 0.4) is 0 Å². The molecule has 188 valence electrons. The molecule has 0 aliphatic carbocycles. The highest BCUT2D eigenvalue weighted by Crippen LogP contribution is 2.43. The monoisotopic (exact) mass is 501 g/mol. The molecule has 0 bridgehead atoms. The number of aromatic nitrogens is 3. The maximum atomic E-state index is 14.2. The predicted molar refractivity (Wildman–Crippen MR) is 125 cm³/mol. The maximum Gasteiger partial charge on any atom is 0.422 e. The van der Waals surface area contributed by atoms with Crippen molar-refractivity contribution in [2.24, 2.45) is 7.05 Å². The number of pyridine rings is 1. The minimum Gasteiger partial charge on any atom is -0.494 e. The van der Waals surface area contributed by atoms with Crippen molar-refractivity contribution in [3.05, 3.63) is 77.5 Å². The molecule has 10 heteroatoms. The summed E-state index contributed by atoms with van der Waals surface area (Å²) in [6, 6.07) is 10.9. The third kappa shape index (κ3) is 4.56. The van der Waals surface area contributed by atoms with Crippen LogP contribution in [-0.2, 0) is 12.6 Å². The summed E-state index contributed by atoms with van der Waals surface area (Å²) in [5.74, 6) is -0.901. The fraction of sp³-hybridized carbons (Fsp3) is 0.269. The molecule has 4 rings (SSSR count). The quantitative estimate of drug-likeness (QED) is 0.267. The number of alkyl halides is 3. The normalized spacial score (nSPS) is 13.6. The van der Waals surface area contributed by atoms with E-state index in [4.69, 9.17) is 4.74 Å². The Morgan fingerprint density at radius 3 is 2.53 bits per heavy atom. The number of ether oxygens (including phenoxy) is 1. The van der Waals surface area contributed by atoms with Crippen LogP contribution in [0.5, 0.6) is 5.75 Å². The fourth-order valence-corrected chi connectivity index (χ4v) is 3.99. The maximum absolute atomic E-state index is 14.2. The third-order valence-electron chi connectivity index (χ3n) is 6.16. The molecule has 0 spiro atoms. The predicted octanol–water partition coefficient (Wildman–Crippen LogP) is 5.50. The summed E-state index contributed by atoms with van der Waals surface area (Å²) in [6.45, 7) is 1.51. The van der Waals surface area contributed by atoms with Gasteiger partial charge in [-0.15, -0.1) is 0 Å². The van der Waals surface area contributed by atoms with Crippen molar-refractivity contribution < 1.29 is 32.2 Å². The minimum atomic E-state index is -5.13. The molecule has 0 radical (unpaired) electrons. The summed E-state index contributed by atoms with van der Waals surface area (Å²) in [5, 5.41) is 10.9. The highest BCUT2D eigenvalue weighted by atomic mass is 19.4. The lowest BCUT2D eigenvalue weighted by atomic mass is 9.89. The molecule has 1 atom stereocenters. The van der Waals surface area contributed by atoms with Crippen LogP contribution in [-0.4, -0.2) is 38.7 Å². The zero-order valence-corrected chi connectivity index (χ0v) is 19.7. The first-order chi connectivity index (χ1) is 16.9. The van der Waals surface area contributed by atoms with Crippen molar-refractivity contribution in [3.8, 4) is 17.0 Å². The number of halogens is 4. The van der Waals surface area contributed by atoms with Crippen molar-refractivity contribution in [3.63, 3.8) is 0 Å². The number of carbonyl (C=O) groups is 1. The molecular formula is C26H23F4N3O3. The first-order valence-corrected chi connectivity index (χ1v) is 11.0. The molecule has 0 saturated heterocycles. The van der Waals surface area contributed by atoms with Gasteiger partial charge < -0.3 is 14.4 Å². The highest BCUT2D eigenvalue weighted by Gasteiger charge is 2.56. The fourth-order valence-electron chi connectivity index (χ4n) is 3.99. The van der Waals surface area contributed by atoms with E-state index < -0.39 is 41.9 Å². The van der Waals surface area contributed by atoms with Crippen LogP contribution in [0.15, 0.2) is 54.9 Å². The number of benzene rings is 2. The van der Waals surface area contributed by atoms with E-state index in [9.17, 15) is 27.5 Å². The lowest BCUT2D eigenvalue weighted by molar-refractivity contribution is -0.270. The molecule has 4 aromatic rings. The van der Waals surface area contributed by atoms with Crippen LogP contribution < -0.4 is 4.74 Å². The molecule has 6 nitrogen and oxygen atoms in total. The number of aliphatic hydroxyl groups is 1. The number of carbonyl (C=O) groups excluding carboxylic acids is 1. The minimum absolute atomic E-state index is 0.00811. The summed E-state index contributed by atoms with van der Waals surface area (Å²) in [6.07, 6.45) is -5.09. The molecule has 1 unspecified atom stereocenters. The highest BCUT2D eigenvalue weighted by molar-refractivity contribution is 5.99. The van der Waals surface area contributed by atoms with E-state index in [0.29, 0.717) is 16.6 Å². The lowest BCUT2D eigenvalue weighted by Crippen LogP contribution is -2.43. The van der Waals surface area contributed by atoms with Gasteiger partial charge >= 0.3 is 6.18 Å². The molecule has 0 fully saturated rings. The van der Waals surface area contributed by atoms with Crippen molar-refractivity contribution in [1.29, 1.82) is 0 Å². The molecule has 2 heterocycles. The number of Topliss-reactive ketones (excluding diaryl/α,β-unsaturated/α-hetero) is 1. The van der Waals surface area contributed by atoms with Gasteiger partial charge in [-0.1, -0.05) is 0 Å². The molecule has 2 aromatic carbocycles. The first kappa shape index (κ1) is 25.3. The molecule has 0 aliphatic heterocycles. The SMILES string of the molecule is COc1ccc(C(O)(CCC(=O)c2ccc3ncn(C)c3c2)C(F)(F)F)nc1-c1ccc(F)c(C)c1. The lowest BCUT2D eigenvalue weighted by Gasteiger charge is -2.30. The molecule has 1 N–H and O–H groups in total. The first-order valence-electron chi connectivity index (χ1n) is 11.0. The number of fused-ring (bicyclic) bond motifs is 1. The van der Waals surface area contributed by atoms with Gasteiger partial charge in [0.2, 0.25) is 5.60 Å². The second kappa shape index (κ2) is 9.34. The molecular weight excluding hydrogens is 478 g/mol. The van der Waals surface area contributed by atoms with E-state index >= 15 is 0 Å². The van der Waals surface area contributed by atoms with Gasteiger partial charge in [-0.05, 0) is 67.4 Å². The molecule has 0 aliphatic rings. The number of ketones is 1.